The Balaban J connectivity index is 0.947. The maximum atomic E-state index is 11.3. The summed E-state index contributed by atoms with van der Waals surface area (Å²) in [6.07, 6.45) is -67.4. The largest absolute Gasteiger partial charge is 0.394 e. The van der Waals surface area contributed by atoms with Crippen LogP contribution in [0.2, 0.25) is 0 Å². The quantitative estimate of drug-likeness (QED) is 0.0571. The Hall–Kier alpha value is -1.44. The molecule has 0 saturated carbocycles. The van der Waals surface area contributed by atoms with Gasteiger partial charge in [-0.1, -0.05) is 0 Å². The molecule has 35 atom stereocenters. The van der Waals surface area contributed by atoms with Crippen LogP contribution in [0.4, 0.5) is 0 Å². The summed E-state index contributed by atoms with van der Waals surface area (Å²) in [5.41, 5.74) is 0. The van der Waals surface area contributed by atoms with Crippen molar-refractivity contribution in [3.8, 4) is 0 Å². The topological polar surface area (TPSA) is 585 Å². The van der Waals surface area contributed by atoms with Crippen LogP contribution in [0.5, 0.6) is 0 Å². The molecule has 0 amide bonds. The molecule has 78 heavy (non-hydrogen) atoms. The van der Waals surface area contributed by atoms with Crippen LogP contribution in [0.3, 0.4) is 0 Å². The van der Waals surface area contributed by atoms with Gasteiger partial charge in [-0.15, -0.1) is 0 Å². The van der Waals surface area contributed by atoms with Crippen molar-refractivity contribution in [2.24, 2.45) is 0 Å². The number of hydrogen-bond acceptors (Lipinski definition) is 36. The predicted octanol–water partition coefficient (Wildman–Crippen LogP) is -16.3. The molecule has 36 nitrogen and oxygen atoms in total. The standard InChI is InChI=1S/C42H72O36/c43-1-8-15(50)16(51)24(59)37(67-8)74-31-10(3-45)69-39(26(61)18(31)53)76-33-12(5-47)71-41(28(63)20(33)55)78-35-14(7-49)72-42(29(64)22(35)57)77-34-13(6-48)70-40(27(62)21(34)56)75-32-11(4-46)68-38(25(60)19(32)54)73-30-9(2-44)66-36(65)23(58)17(30)52/h8-65H,1-7H2/t8-,9-,10-,11-,12-,13-,14-,15-,16+,17-,18-,19-,20-,21-,22-,23+,24+,25+,26+,27+,28+,29+,30-,31-,32-,33-,34-,35-,36-,37+,38+,39+,40+,41+,42+/m1/s1. The summed E-state index contributed by atoms with van der Waals surface area (Å²) in [5, 5.41) is 243. The third-order valence-electron chi connectivity index (χ3n) is 14.5. The van der Waals surface area contributed by atoms with Crippen molar-refractivity contribution in [1.82, 2.24) is 0 Å². The molecule has 0 aromatic rings. The smallest absolute Gasteiger partial charge is 0.187 e. The Bertz CT molecular complexity index is 1810. The van der Waals surface area contributed by atoms with Crippen LogP contribution in [0, 0.1) is 0 Å². The molecule has 456 valence electrons. The van der Waals surface area contributed by atoms with Gasteiger partial charge in [-0.25, -0.2) is 0 Å². The van der Waals surface area contributed by atoms with Gasteiger partial charge < -0.3 is 179 Å². The molecule has 7 aliphatic heterocycles. The first-order valence-corrected chi connectivity index (χ1v) is 24.7. The second-order valence-electron chi connectivity index (χ2n) is 19.6. The van der Waals surface area contributed by atoms with Crippen LogP contribution in [0.1, 0.15) is 0 Å². The molecule has 36 heteroatoms. The minimum Gasteiger partial charge on any atom is -0.394 e. The molecule has 0 radical (unpaired) electrons. The minimum atomic E-state index is -2.23. The number of aliphatic hydroxyl groups excluding tert-OH is 23. The summed E-state index contributed by atoms with van der Waals surface area (Å²) >= 11 is 0. The van der Waals surface area contributed by atoms with Gasteiger partial charge >= 0.3 is 0 Å². The average molecular weight is 1150 g/mol. The van der Waals surface area contributed by atoms with E-state index in [2.05, 4.69) is 0 Å². The van der Waals surface area contributed by atoms with Crippen molar-refractivity contribution in [2.45, 2.75) is 215 Å². The Labute approximate surface area is 439 Å². The lowest BCUT2D eigenvalue weighted by Crippen LogP contribution is -2.68. The Morgan fingerprint density at radius 3 is 0.590 bits per heavy atom. The summed E-state index contributed by atoms with van der Waals surface area (Å²) in [4.78, 5) is 0. The number of aliphatic hydroxyl groups is 23. The molecule has 0 unspecified atom stereocenters. The van der Waals surface area contributed by atoms with Gasteiger partial charge in [0, 0.05) is 0 Å². The third kappa shape index (κ3) is 12.9. The van der Waals surface area contributed by atoms with Crippen molar-refractivity contribution in [3.63, 3.8) is 0 Å². The highest BCUT2D eigenvalue weighted by atomic mass is 16.8. The average Bonchev–Trinajstić information content (AvgIpc) is 3.44. The van der Waals surface area contributed by atoms with Crippen LogP contribution >= 0.6 is 0 Å². The zero-order valence-corrected chi connectivity index (χ0v) is 40.8. The van der Waals surface area contributed by atoms with Gasteiger partial charge in [0.2, 0.25) is 0 Å². The molecular weight excluding hydrogens is 1080 g/mol. The first kappa shape index (κ1) is 64.1. The van der Waals surface area contributed by atoms with E-state index >= 15 is 0 Å². The summed E-state index contributed by atoms with van der Waals surface area (Å²) in [7, 11) is 0. The molecule has 7 rings (SSSR count). The number of ether oxygens (including phenoxy) is 13. The van der Waals surface area contributed by atoms with Crippen molar-refractivity contribution >= 4 is 0 Å². The molecule has 7 saturated heterocycles. The molecule has 0 bridgehead atoms. The highest BCUT2D eigenvalue weighted by Crippen LogP contribution is 2.37. The van der Waals surface area contributed by atoms with Gasteiger partial charge in [-0.2, -0.15) is 0 Å². The van der Waals surface area contributed by atoms with Gasteiger partial charge in [0.1, 0.15) is 171 Å². The van der Waals surface area contributed by atoms with E-state index in [1.807, 2.05) is 0 Å². The van der Waals surface area contributed by atoms with E-state index in [1.165, 1.54) is 0 Å². The van der Waals surface area contributed by atoms with Crippen molar-refractivity contribution in [2.75, 3.05) is 46.2 Å². The lowest BCUT2D eigenvalue weighted by atomic mass is 9.95. The van der Waals surface area contributed by atoms with Gasteiger partial charge in [0.15, 0.2) is 44.0 Å². The van der Waals surface area contributed by atoms with Gasteiger partial charge in [0.25, 0.3) is 0 Å². The molecule has 0 aliphatic carbocycles. The van der Waals surface area contributed by atoms with Crippen LogP contribution < -0.4 is 0 Å². The molecule has 0 spiro atoms. The van der Waals surface area contributed by atoms with E-state index in [4.69, 9.17) is 61.6 Å². The zero-order chi connectivity index (χ0) is 57.3. The highest BCUT2D eigenvalue weighted by molar-refractivity contribution is 5.01. The Morgan fingerprint density at radius 2 is 0.372 bits per heavy atom. The maximum absolute atomic E-state index is 11.3. The normalized spacial score (nSPS) is 53.5. The predicted molar refractivity (Wildman–Crippen MR) is 232 cm³/mol. The Morgan fingerprint density at radius 1 is 0.192 bits per heavy atom. The lowest BCUT2D eigenvalue weighted by Gasteiger charge is -2.50. The molecule has 7 aliphatic rings. The van der Waals surface area contributed by atoms with E-state index in [1.54, 1.807) is 0 Å². The Kier molecular flexibility index (Phi) is 22.6. The second kappa shape index (κ2) is 27.5. The van der Waals surface area contributed by atoms with Crippen LogP contribution in [0.15, 0.2) is 0 Å². The van der Waals surface area contributed by atoms with E-state index < -0.39 is 261 Å². The molecule has 23 N–H and O–H groups in total. The van der Waals surface area contributed by atoms with Crippen molar-refractivity contribution in [3.05, 3.63) is 0 Å². The first-order chi connectivity index (χ1) is 37.0. The fraction of sp³-hybridized carbons (Fsp3) is 1.00. The van der Waals surface area contributed by atoms with Crippen LogP contribution in [-0.2, 0) is 61.6 Å². The van der Waals surface area contributed by atoms with E-state index in [0.29, 0.717) is 0 Å². The molecule has 0 aromatic heterocycles. The summed E-state index contributed by atoms with van der Waals surface area (Å²) in [5.74, 6) is 0. The molecular formula is C42H72O36. The lowest BCUT2D eigenvalue weighted by molar-refractivity contribution is -0.398. The monoisotopic (exact) mass is 1150 g/mol. The van der Waals surface area contributed by atoms with E-state index in [9.17, 15) is 117 Å². The highest BCUT2D eigenvalue weighted by Gasteiger charge is 2.58. The molecule has 7 heterocycles. The van der Waals surface area contributed by atoms with E-state index in [0.717, 1.165) is 0 Å². The minimum absolute atomic E-state index is 0.843. The number of hydrogen-bond donors (Lipinski definition) is 23. The zero-order valence-electron chi connectivity index (χ0n) is 40.8. The van der Waals surface area contributed by atoms with Crippen molar-refractivity contribution < 1.29 is 179 Å². The van der Waals surface area contributed by atoms with Crippen molar-refractivity contribution in [1.29, 1.82) is 0 Å². The van der Waals surface area contributed by atoms with Gasteiger partial charge in [0.05, 0.1) is 46.2 Å². The van der Waals surface area contributed by atoms with Crippen LogP contribution in [0.25, 0.3) is 0 Å². The fourth-order valence-corrected chi connectivity index (χ4v) is 10.0. The van der Waals surface area contributed by atoms with Crippen LogP contribution in [-0.4, -0.2) is 379 Å². The van der Waals surface area contributed by atoms with Gasteiger partial charge in [-0.05, 0) is 0 Å². The fourth-order valence-electron chi connectivity index (χ4n) is 10.0. The maximum Gasteiger partial charge on any atom is 0.187 e. The third-order valence-corrected chi connectivity index (χ3v) is 14.5. The molecule has 7 fully saturated rings. The SMILES string of the molecule is OC[C@H]1O[C@@H](O[C@H]2[C@H](O)[C@H](O)[C@H](O[C@H]3[C@H](O)[C@H](O)[C@H](O[C@H]4[C@H](O)[C@H](O)[C@H](O[C@H]5[C@H](O)[C@H](O)[C@H](O[C@H]6[C@H](O)[C@H](O)[C@H](O[C@H]7[C@H](O)[C@H](O)[C@H](O)O[C@@H]7CO)O[C@@H]6CO)O[C@@H]5CO)O[C@@H]4CO)O[C@@H]3CO)O[C@@H]2CO)[C@@H](O)[C@@H](O)[C@@H]1O. The molecule has 0 aromatic carbocycles. The number of rotatable bonds is 19. The summed E-state index contributed by atoms with van der Waals surface area (Å²) in [6, 6.07) is 0. The summed E-state index contributed by atoms with van der Waals surface area (Å²) < 4.78 is 71.9. The summed E-state index contributed by atoms with van der Waals surface area (Å²) in [6.45, 7) is -6.86. The second-order valence-corrected chi connectivity index (χ2v) is 19.6. The van der Waals surface area contributed by atoms with Gasteiger partial charge in [-0.3, -0.25) is 0 Å². The first-order valence-electron chi connectivity index (χ1n) is 24.7. The van der Waals surface area contributed by atoms with E-state index in [-0.39, 0.29) is 0 Å².